The van der Waals surface area contributed by atoms with Gasteiger partial charge in [0.2, 0.25) is 15.7 Å². The van der Waals surface area contributed by atoms with Gasteiger partial charge in [0.1, 0.15) is 10.6 Å². The Bertz CT molecular complexity index is 1050. The Morgan fingerprint density at radius 3 is 2.58 bits per heavy atom. The maximum absolute atomic E-state index is 13.1. The number of carbonyl (C=O) groups excluding carboxylic acids is 1. The lowest BCUT2D eigenvalue weighted by Crippen LogP contribution is -2.23. The van der Waals surface area contributed by atoms with Crippen LogP contribution in [0.25, 0.3) is 0 Å². The van der Waals surface area contributed by atoms with Crippen LogP contribution >= 0.6 is 22.7 Å². The van der Waals surface area contributed by atoms with Crippen LogP contribution in [0.4, 0.5) is 5.69 Å². The van der Waals surface area contributed by atoms with Gasteiger partial charge in [-0.2, -0.15) is 0 Å². The standard InChI is InChI=1S/C18H15NO4S3/c1-23-11-4-6-12(7-5-11)26(21,22)15-10-25-18-13(14-3-2-8-24-14)9-16(20)19-17(15)18/h2-8,10,13H,9H2,1H3,(H,19,20)/t13-/m0/s1. The molecule has 1 N–H and O–H groups in total. The average molecular weight is 406 g/mol. The monoisotopic (exact) mass is 405 g/mol. The lowest BCUT2D eigenvalue weighted by Gasteiger charge is -2.22. The predicted molar refractivity (Wildman–Crippen MR) is 102 cm³/mol. The highest BCUT2D eigenvalue weighted by molar-refractivity contribution is 7.91. The van der Waals surface area contributed by atoms with Crippen molar-refractivity contribution in [3.8, 4) is 5.75 Å². The number of rotatable bonds is 4. The minimum absolute atomic E-state index is 0.0939. The molecule has 3 aromatic rings. The van der Waals surface area contributed by atoms with E-state index < -0.39 is 9.84 Å². The second-order valence-corrected chi connectivity index (χ2v) is 9.65. The van der Waals surface area contributed by atoms with Gasteiger partial charge in [-0.05, 0) is 35.7 Å². The van der Waals surface area contributed by atoms with Crippen molar-refractivity contribution in [1.82, 2.24) is 0 Å². The fraction of sp³-hybridized carbons (Fsp3) is 0.167. The molecule has 0 unspecified atom stereocenters. The smallest absolute Gasteiger partial charge is 0.225 e. The molecule has 0 radical (unpaired) electrons. The zero-order valence-corrected chi connectivity index (χ0v) is 16.2. The third-order valence-electron chi connectivity index (χ3n) is 4.30. The van der Waals surface area contributed by atoms with Crippen LogP contribution in [0.15, 0.2) is 56.9 Å². The summed E-state index contributed by atoms with van der Waals surface area (Å²) in [6.07, 6.45) is 0.329. The normalized spacial score (nSPS) is 16.8. The second-order valence-electron chi connectivity index (χ2n) is 5.84. The second kappa shape index (κ2) is 6.53. The summed E-state index contributed by atoms with van der Waals surface area (Å²) in [4.78, 5) is 14.5. The molecule has 1 atom stereocenters. The number of ether oxygens (including phenoxy) is 1. The summed E-state index contributed by atoms with van der Waals surface area (Å²) >= 11 is 2.95. The van der Waals surface area contributed by atoms with Gasteiger partial charge in [-0.25, -0.2) is 8.42 Å². The number of hydrogen-bond donors (Lipinski definition) is 1. The number of thiophene rings is 2. The van der Waals surface area contributed by atoms with Crippen molar-refractivity contribution in [3.63, 3.8) is 0 Å². The molecule has 0 saturated carbocycles. The fourth-order valence-electron chi connectivity index (χ4n) is 3.00. The van der Waals surface area contributed by atoms with Crippen LogP contribution in [0.3, 0.4) is 0 Å². The molecule has 0 bridgehead atoms. The summed E-state index contributed by atoms with van der Waals surface area (Å²) < 4.78 is 31.3. The van der Waals surface area contributed by atoms with E-state index in [2.05, 4.69) is 5.32 Å². The Morgan fingerprint density at radius 1 is 1.15 bits per heavy atom. The molecular weight excluding hydrogens is 390 g/mol. The lowest BCUT2D eigenvalue weighted by molar-refractivity contribution is -0.116. The van der Waals surface area contributed by atoms with Gasteiger partial charge in [0.15, 0.2) is 0 Å². The number of nitrogens with one attached hydrogen (secondary N) is 1. The Kier molecular flexibility index (Phi) is 4.34. The van der Waals surface area contributed by atoms with E-state index in [9.17, 15) is 13.2 Å². The van der Waals surface area contributed by atoms with E-state index in [0.29, 0.717) is 17.9 Å². The number of fused-ring (bicyclic) bond motifs is 1. The first-order valence-corrected chi connectivity index (χ1v) is 11.1. The van der Waals surface area contributed by atoms with Crippen LogP contribution in [0.5, 0.6) is 5.75 Å². The van der Waals surface area contributed by atoms with Crippen molar-refractivity contribution in [2.45, 2.75) is 22.1 Å². The number of hydrogen-bond acceptors (Lipinski definition) is 6. The van der Waals surface area contributed by atoms with E-state index in [4.69, 9.17) is 4.74 Å². The first-order valence-electron chi connectivity index (χ1n) is 7.84. The van der Waals surface area contributed by atoms with Crippen LogP contribution in [-0.2, 0) is 14.6 Å². The molecule has 0 saturated heterocycles. The first-order chi connectivity index (χ1) is 12.5. The highest BCUT2D eigenvalue weighted by Crippen LogP contribution is 2.46. The van der Waals surface area contributed by atoms with E-state index in [1.165, 1.54) is 30.6 Å². The van der Waals surface area contributed by atoms with E-state index in [1.54, 1.807) is 28.8 Å². The van der Waals surface area contributed by atoms with E-state index >= 15 is 0 Å². The van der Waals surface area contributed by atoms with Gasteiger partial charge in [-0.1, -0.05) is 6.07 Å². The number of carbonyl (C=O) groups is 1. The Morgan fingerprint density at radius 2 is 1.92 bits per heavy atom. The van der Waals surface area contributed by atoms with Crippen molar-refractivity contribution >= 4 is 44.1 Å². The SMILES string of the molecule is COc1ccc(S(=O)(=O)c2csc3c2NC(=O)C[C@H]3c2cccs2)cc1. The number of benzene rings is 1. The summed E-state index contributed by atoms with van der Waals surface area (Å²) in [6, 6.07) is 10.2. The average Bonchev–Trinajstić information content (AvgIpc) is 3.31. The van der Waals surface area contributed by atoms with Gasteiger partial charge < -0.3 is 10.1 Å². The summed E-state index contributed by atoms with van der Waals surface area (Å²) in [5.41, 5.74) is 0.417. The molecular formula is C18H15NO4S3. The molecule has 1 aliphatic heterocycles. The van der Waals surface area contributed by atoms with Crippen LogP contribution in [0.2, 0.25) is 0 Å². The van der Waals surface area contributed by atoms with Crippen LogP contribution < -0.4 is 10.1 Å². The fourth-order valence-corrected chi connectivity index (χ4v) is 6.81. The molecule has 8 heteroatoms. The van der Waals surface area contributed by atoms with Gasteiger partial charge in [-0.15, -0.1) is 22.7 Å². The lowest BCUT2D eigenvalue weighted by atomic mass is 9.97. The van der Waals surface area contributed by atoms with Gasteiger partial charge in [-0.3, -0.25) is 4.79 Å². The van der Waals surface area contributed by atoms with Gasteiger partial charge in [0.25, 0.3) is 0 Å². The van der Waals surface area contributed by atoms with E-state index in [1.807, 2.05) is 17.5 Å². The minimum Gasteiger partial charge on any atom is -0.497 e. The van der Waals surface area contributed by atoms with Crippen molar-refractivity contribution in [1.29, 1.82) is 0 Å². The number of sulfone groups is 1. The first kappa shape index (κ1) is 17.3. The Labute approximate surface area is 159 Å². The van der Waals surface area contributed by atoms with Gasteiger partial charge >= 0.3 is 0 Å². The molecule has 26 heavy (non-hydrogen) atoms. The van der Waals surface area contributed by atoms with Crippen molar-refractivity contribution in [3.05, 3.63) is 56.9 Å². The van der Waals surface area contributed by atoms with Crippen LogP contribution in [0.1, 0.15) is 22.1 Å². The topological polar surface area (TPSA) is 72.5 Å². The summed E-state index contributed by atoms with van der Waals surface area (Å²) in [5, 5.41) is 6.35. The van der Waals surface area contributed by atoms with Crippen LogP contribution in [0, 0.1) is 0 Å². The molecule has 1 amide bonds. The zero-order valence-electron chi connectivity index (χ0n) is 13.8. The van der Waals surface area contributed by atoms with E-state index in [0.717, 1.165) is 9.75 Å². The zero-order chi connectivity index (χ0) is 18.3. The largest absolute Gasteiger partial charge is 0.497 e. The maximum atomic E-state index is 13.1. The number of methoxy groups -OCH3 is 1. The van der Waals surface area contributed by atoms with Gasteiger partial charge in [0, 0.05) is 27.5 Å². The number of anilines is 1. The summed E-state index contributed by atoms with van der Waals surface area (Å²) in [6.45, 7) is 0. The third-order valence-corrected chi connectivity index (χ3v) is 8.33. The quantitative estimate of drug-likeness (QED) is 0.709. The Hall–Kier alpha value is -2.16. The van der Waals surface area contributed by atoms with Crippen LogP contribution in [-0.4, -0.2) is 21.4 Å². The van der Waals surface area contributed by atoms with Crippen molar-refractivity contribution < 1.29 is 17.9 Å². The molecule has 4 rings (SSSR count). The van der Waals surface area contributed by atoms with Crippen molar-refractivity contribution in [2.24, 2.45) is 0 Å². The molecule has 0 fully saturated rings. The Balaban J connectivity index is 1.80. The molecule has 1 aromatic carbocycles. The molecule has 5 nitrogen and oxygen atoms in total. The van der Waals surface area contributed by atoms with Gasteiger partial charge in [0.05, 0.1) is 17.7 Å². The highest BCUT2D eigenvalue weighted by atomic mass is 32.2. The molecule has 1 aliphatic rings. The maximum Gasteiger partial charge on any atom is 0.225 e. The third kappa shape index (κ3) is 2.84. The predicted octanol–water partition coefficient (Wildman–Crippen LogP) is 4.13. The van der Waals surface area contributed by atoms with Crippen molar-refractivity contribution in [2.75, 3.05) is 12.4 Å². The van der Waals surface area contributed by atoms with E-state index in [-0.39, 0.29) is 21.6 Å². The minimum atomic E-state index is -3.73. The molecule has 134 valence electrons. The highest BCUT2D eigenvalue weighted by Gasteiger charge is 2.34. The summed E-state index contributed by atoms with van der Waals surface area (Å²) in [7, 11) is -2.21. The summed E-state index contributed by atoms with van der Waals surface area (Å²) in [5.74, 6) is 0.325. The number of amides is 1. The molecule has 2 aromatic heterocycles. The molecule has 3 heterocycles. The molecule has 0 spiro atoms. The molecule has 0 aliphatic carbocycles.